The average molecular weight is 275 g/mol. The Morgan fingerprint density at radius 1 is 1.35 bits per heavy atom. The molecule has 108 valence electrons. The van der Waals surface area contributed by atoms with E-state index in [1.165, 1.54) is 6.07 Å². The van der Waals surface area contributed by atoms with Crippen molar-refractivity contribution >= 4 is 0 Å². The molecule has 0 amide bonds. The van der Waals surface area contributed by atoms with Crippen LogP contribution in [0.15, 0.2) is 24.4 Å². The molecular formula is C16H22FN3. The lowest BCUT2D eigenvalue weighted by Gasteiger charge is -2.21. The smallest absolute Gasteiger partial charge is 0.126 e. The van der Waals surface area contributed by atoms with Gasteiger partial charge in [-0.25, -0.2) is 9.37 Å². The van der Waals surface area contributed by atoms with E-state index in [2.05, 4.69) is 30.7 Å². The van der Waals surface area contributed by atoms with Gasteiger partial charge in [-0.1, -0.05) is 20.8 Å². The molecule has 0 aliphatic heterocycles. The number of hydrogen-bond acceptors (Lipinski definition) is 2. The maximum Gasteiger partial charge on any atom is 0.126 e. The van der Waals surface area contributed by atoms with E-state index in [4.69, 9.17) is 5.73 Å². The Labute approximate surface area is 119 Å². The predicted molar refractivity (Wildman–Crippen MR) is 79.7 cm³/mol. The van der Waals surface area contributed by atoms with Crippen molar-refractivity contribution < 1.29 is 4.39 Å². The van der Waals surface area contributed by atoms with Crippen molar-refractivity contribution in [2.75, 3.05) is 0 Å². The summed E-state index contributed by atoms with van der Waals surface area (Å²) in [5, 5.41) is 0. The summed E-state index contributed by atoms with van der Waals surface area (Å²) in [6.45, 7) is 8.21. The van der Waals surface area contributed by atoms with Gasteiger partial charge in [-0.3, -0.25) is 0 Å². The van der Waals surface area contributed by atoms with Crippen molar-refractivity contribution in [1.82, 2.24) is 9.97 Å². The molecule has 0 fully saturated rings. The zero-order valence-corrected chi connectivity index (χ0v) is 12.5. The van der Waals surface area contributed by atoms with Crippen molar-refractivity contribution in [2.45, 2.75) is 40.2 Å². The summed E-state index contributed by atoms with van der Waals surface area (Å²) in [5.74, 6) is 0.579. The average Bonchev–Trinajstić information content (AvgIpc) is 2.80. The number of halogens is 1. The number of aromatic nitrogens is 2. The van der Waals surface area contributed by atoms with Crippen LogP contribution in [0.2, 0.25) is 0 Å². The number of rotatable bonds is 3. The van der Waals surface area contributed by atoms with E-state index in [1.54, 1.807) is 19.2 Å². The molecule has 1 aromatic heterocycles. The molecule has 4 heteroatoms. The van der Waals surface area contributed by atoms with Crippen LogP contribution < -0.4 is 5.73 Å². The van der Waals surface area contributed by atoms with E-state index in [-0.39, 0.29) is 17.3 Å². The third-order valence-electron chi connectivity index (χ3n) is 3.25. The van der Waals surface area contributed by atoms with Gasteiger partial charge in [0.05, 0.1) is 17.9 Å². The topological polar surface area (TPSA) is 54.7 Å². The Bertz CT molecular complexity index is 596. The van der Waals surface area contributed by atoms with Gasteiger partial charge in [-0.2, -0.15) is 0 Å². The molecule has 3 nitrogen and oxygen atoms in total. The molecule has 0 saturated heterocycles. The Kier molecular flexibility index (Phi) is 3.95. The van der Waals surface area contributed by atoms with Crippen molar-refractivity contribution in [3.8, 4) is 11.3 Å². The van der Waals surface area contributed by atoms with Gasteiger partial charge >= 0.3 is 0 Å². The highest BCUT2D eigenvalue weighted by Gasteiger charge is 2.19. The maximum atomic E-state index is 13.3. The first-order chi connectivity index (χ1) is 9.26. The molecule has 2 rings (SSSR count). The van der Waals surface area contributed by atoms with E-state index < -0.39 is 0 Å². The van der Waals surface area contributed by atoms with Crippen molar-refractivity contribution in [1.29, 1.82) is 0 Å². The molecule has 1 atom stereocenters. The number of H-pyrrole nitrogens is 1. The first-order valence-corrected chi connectivity index (χ1v) is 6.83. The van der Waals surface area contributed by atoms with Gasteiger partial charge in [0.25, 0.3) is 0 Å². The zero-order valence-electron chi connectivity index (χ0n) is 12.5. The molecule has 0 bridgehead atoms. The zero-order chi connectivity index (χ0) is 14.9. The highest BCUT2D eigenvalue weighted by molar-refractivity contribution is 5.59. The van der Waals surface area contributed by atoms with Crippen molar-refractivity contribution in [2.24, 2.45) is 11.1 Å². The molecule has 0 spiro atoms. The Morgan fingerprint density at radius 3 is 2.65 bits per heavy atom. The van der Waals surface area contributed by atoms with Gasteiger partial charge < -0.3 is 10.7 Å². The second-order valence-corrected chi connectivity index (χ2v) is 6.52. The normalized spacial score (nSPS) is 13.5. The number of nitrogens with two attached hydrogens (primary N) is 1. The Morgan fingerprint density at radius 2 is 2.05 bits per heavy atom. The minimum Gasteiger partial charge on any atom is -0.341 e. The van der Waals surface area contributed by atoms with E-state index in [0.29, 0.717) is 5.56 Å². The van der Waals surface area contributed by atoms with Gasteiger partial charge in [0.15, 0.2) is 0 Å². The number of nitrogens with zero attached hydrogens (tertiary/aromatic N) is 1. The third-order valence-corrected chi connectivity index (χ3v) is 3.25. The van der Waals surface area contributed by atoms with Crippen LogP contribution >= 0.6 is 0 Å². The van der Waals surface area contributed by atoms with E-state index in [0.717, 1.165) is 23.5 Å². The number of hydrogen-bond donors (Lipinski definition) is 2. The molecule has 3 N–H and O–H groups in total. The van der Waals surface area contributed by atoms with Gasteiger partial charge in [0.1, 0.15) is 11.6 Å². The number of imidazole rings is 1. The van der Waals surface area contributed by atoms with Crippen molar-refractivity contribution in [3.05, 3.63) is 41.6 Å². The fourth-order valence-electron chi connectivity index (χ4n) is 2.24. The van der Waals surface area contributed by atoms with Gasteiger partial charge in [0, 0.05) is 5.56 Å². The largest absolute Gasteiger partial charge is 0.341 e. The maximum absolute atomic E-state index is 13.3. The standard InChI is InChI=1S/C16H22FN3/c1-10-7-11(5-6-12(10)17)14-9-19-15(20-14)13(18)8-16(2,3)4/h5-7,9,13H,8,18H2,1-4H3,(H,19,20). The van der Waals surface area contributed by atoms with E-state index in [9.17, 15) is 4.39 Å². The molecule has 2 aromatic rings. The lowest BCUT2D eigenvalue weighted by Crippen LogP contribution is -2.19. The summed E-state index contributed by atoms with van der Waals surface area (Å²) in [6, 6.07) is 4.90. The Hall–Kier alpha value is -1.68. The summed E-state index contributed by atoms with van der Waals surface area (Å²) in [5.41, 5.74) is 8.74. The third kappa shape index (κ3) is 3.45. The van der Waals surface area contributed by atoms with Crippen LogP contribution in [-0.4, -0.2) is 9.97 Å². The quantitative estimate of drug-likeness (QED) is 0.890. The van der Waals surface area contributed by atoms with Crippen LogP contribution in [0, 0.1) is 18.2 Å². The molecule has 0 saturated carbocycles. The first kappa shape index (κ1) is 14.7. The van der Waals surface area contributed by atoms with Crippen LogP contribution in [0.5, 0.6) is 0 Å². The molecule has 1 heterocycles. The number of nitrogens with one attached hydrogen (secondary N) is 1. The number of aryl methyl sites for hydroxylation is 1. The SMILES string of the molecule is Cc1cc(-c2cnc(C(N)CC(C)(C)C)[nH]2)ccc1F. The summed E-state index contributed by atoms with van der Waals surface area (Å²) in [7, 11) is 0. The molecule has 1 aromatic carbocycles. The van der Waals surface area contributed by atoms with Crippen molar-refractivity contribution in [3.63, 3.8) is 0 Å². The van der Waals surface area contributed by atoms with E-state index >= 15 is 0 Å². The monoisotopic (exact) mass is 275 g/mol. The first-order valence-electron chi connectivity index (χ1n) is 6.83. The molecular weight excluding hydrogens is 253 g/mol. The summed E-state index contributed by atoms with van der Waals surface area (Å²) in [6.07, 6.45) is 2.60. The highest BCUT2D eigenvalue weighted by Crippen LogP contribution is 2.28. The van der Waals surface area contributed by atoms with Gasteiger partial charge in [-0.15, -0.1) is 0 Å². The summed E-state index contributed by atoms with van der Waals surface area (Å²) in [4.78, 5) is 7.59. The van der Waals surface area contributed by atoms with Crippen LogP contribution in [0.4, 0.5) is 4.39 Å². The highest BCUT2D eigenvalue weighted by atomic mass is 19.1. The van der Waals surface area contributed by atoms with Gasteiger partial charge in [-0.05, 0) is 42.5 Å². The van der Waals surface area contributed by atoms with Crippen LogP contribution in [0.1, 0.15) is 44.6 Å². The predicted octanol–water partition coefficient (Wildman–Crippen LogP) is 3.96. The summed E-state index contributed by atoms with van der Waals surface area (Å²) >= 11 is 0. The molecule has 0 radical (unpaired) electrons. The van der Waals surface area contributed by atoms with Crippen LogP contribution in [-0.2, 0) is 0 Å². The fourth-order valence-corrected chi connectivity index (χ4v) is 2.24. The minimum atomic E-state index is -0.196. The molecule has 20 heavy (non-hydrogen) atoms. The van der Waals surface area contributed by atoms with E-state index in [1.807, 2.05) is 6.07 Å². The number of benzene rings is 1. The lowest BCUT2D eigenvalue weighted by molar-refractivity contribution is 0.337. The fraction of sp³-hybridized carbons (Fsp3) is 0.438. The van der Waals surface area contributed by atoms with Gasteiger partial charge in [0.2, 0.25) is 0 Å². The minimum absolute atomic E-state index is 0.120. The van der Waals surface area contributed by atoms with Crippen LogP contribution in [0.3, 0.4) is 0 Å². The lowest BCUT2D eigenvalue weighted by atomic mass is 9.88. The molecule has 0 aliphatic rings. The Balaban J connectivity index is 2.22. The summed E-state index contributed by atoms with van der Waals surface area (Å²) < 4.78 is 13.3. The second-order valence-electron chi connectivity index (χ2n) is 6.52. The number of aromatic amines is 1. The molecule has 1 unspecified atom stereocenters. The second kappa shape index (κ2) is 5.37. The van der Waals surface area contributed by atoms with Crippen LogP contribution in [0.25, 0.3) is 11.3 Å². The molecule has 0 aliphatic carbocycles.